The molecule has 0 aliphatic rings. The van der Waals surface area contributed by atoms with E-state index in [0.717, 1.165) is 11.7 Å². The number of alkyl halides is 3. The Labute approximate surface area is 163 Å². The highest BCUT2D eigenvalue weighted by molar-refractivity contribution is 7.75. The largest absolute Gasteiger partial charge is 1.00 e. The first-order chi connectivity index (χ1) is 11.4. The van der Waals surface area contributed by atoms with Gasteiger partial charge in [0.05, 0.1) is 30.2 Å². The van der Waals surface area contributed by atoms with Crippen LogP contribution in [0.5, 0.6) is 0 Å². The highest BCUT2D eigenvalue weighted by Gasteiger charge is 2.36. The molecule has 5 heteroatoms. The molecular formula is C20H33BrF3P. The lowest BCUT2D eigenvalue weighted by molar-refractivity contribution is -0.137. The molecule has 0 atom stereocenters. The topological polar surface area (TPSA) is 0 Å². The number of hydrogen-bond donors (Lipinski definition) is 0. The summed E-state index contributed by atoms with van der Waals surface area (Å²) in [4.78, 5) is 0. The van der Waals surface area contributed by atoms with Crippen molar-refractivity contribution >= 4 is 7.26 Å². The Hall–Kier alpha value is -0.0800. The van der Waals surface area contributed by atoms with Gasteiger partial charge in [0, 0.05) is 7.26 Å². The molecule has 0 aliphatic heterocycles. The van der Waals surface area contributed by atoms with Crippen molar-refractivity contribution in [3.63, 3.8) is 0 Å². The SMILES string of the molecule is CCCC[P+](CCCC)(CCCC)Cc1ccc(C(F)(F)F)cc1.[Br-]. The molecule has 25 heavy (non-hydrogen) atoms. The molecule has 1 rings (SSSR count). The van der Waals surface area contributed by atoms with Crippen molar-refractivity contribution in [1.82, 2.24) is 0 Å². The van der Waals surface area contributed by atoms with E-state index in [1.807, 2.05) is 0 Å². The minimum absolute atomic E-state index is 0. The summed E-state index contributed by atoms with van der Waals surface area (Å²) in [5.74, 6) is 0. The smallest absolute Gasteiger partial charge is 0.416 e. The molecule has 0 saturated heterocycles. The van der Waals surface area contributed by atoms with Gasteiger partial charge in [0.15, 0.2) is 0 Å². The van der Waals surface area contributed by atoms with Gasteiger partial charge in [-0.05, 0) is 37.0 Å². The monoisotopic (exact) mass is 440 g/mol. The summed E-state index contributed by atoms with van der Waals surface area (Å²) in [6.07, 6.45) is 8.03. The molecule has 0 unspecified atom stereocenters. The van der Waals surface area contributed by atoms with Gasteiger partial charge in [-0.3, -0.25) is 0 Å². The Balaban J connectivity index is 0.00000576. The predicted molar refractivity (Wildman–Crippen MR) is 101 cm³/mol. The van der Waals surface area contributed by atoms with E-state index in [2.05, 4.69) is 20.8 Å². The molecule has 0 heterocycles. The number of unbranched alkanes of at least 4 members (excludes halogenated alkanes) is 3. The molecule has 146 valence electrons. The summed E-state index contributed by atoms with van der Waals surface area (Å²) < 4.78 is 38.3. The van der Waals surface area contributed by atoms with E-state index >= 15 is 0 Å². The summed E-state index contributed by atoms with van der Waals surface area (Å²) in [5.41, 5.74) is 0.561. The van der Waals surface area contributed by atoms with Crippen LogP contribution in [0.25, 0.3) is 0 Å². The van der Waals surface area contributed by atoms with Crippen LogP contribution >= 0.6 is 7.26 Å². The first-order valence-corrected chi connectivity index (χ1v) is 11.9. The molecule has 0 spiro atoms. The molecule has 0 amide bonds. The van der Waals surface area contributed by atoms with Crippen molar-refractivity contribution in [1.29, 1.82) is 0 Å². The van der Waals surface area contributed by atoms with Crippen LogP contribution in [0.4, 0.5) is 13.2 Å². The van der Waals surface area contributed by atoms with Gasteiger partial charge in [0.2, 0.25) is 0 Å². The molecule has 0 radical (unpaired) electrons. The summed E-state index contributed by atoms with van der Waals surface area (Å²) in [6, 6.07) is 5.93. The maximum atomic E-state index is 12.8. The molecule has 0 N–H and O–H groups in total. The fourth-order valence-electron chi connectivity index (χ4n) is 3.24. The van der Waals surface area contributed by atoms with Crippen LogP contribution in [0.15, 0.2) is 24.3 Å². The van der Waals surface area contributed by atoms with Gasteiger partial charge in [-0.1, -0.05) is 52.2 Å². The lowest BCUT2D eigenvalue weighted by atomic mass is 10.1. The second-order valence-corrected chi connectivity index (χ2v) is 11.3. The Kier molecular flexibility index (Phi) is 12.3. The fraction of sp³-hybridized carbons (Fsp3) is 0.700. The van der Waals surface area contributed by atoms with Gasteiger partial charge < -0.3 is 17.0 Å². The van der Waals surface area contributed by atoms with E-state index < -0.39 is 19.0 Å². The van der Waals surface area contributed by atoms with Gasteiger partial charge in [-0.25, -0.2) is 0 Å². The van der Waals surface area contributed by atoms with Gasteiger partial charge in [0.25, 0.3) is 0 Å². The Morgan fingerprint density at radius 3 is 1.48 bits per heavy atom. The summed E-state index contributed by atoms with van der Waals surface area (Å²) in [5, 5.41) is 0. The summed E-state index contributed by atoms with van der Waals surface area (Å²) in [7, 11) is -1.10. The molecule has 1 aromatic carbocycles. The molecular weight excluding hydrogens is 408 g/mol. The molecule has 0 saturated carbocycles. The maximum Gasteiger partial charge on any atom is 0.416 e. The van der Waals surface area contributed by atoms with E-state index in [0.29, 0.717) is 0 Å². The lowest BCUT2D eigenvalue weighted by Gasteiger charge is -2.28. The van der Waals surface area contributed by atoms with Gasteiger partial charge in [-0.15, -0.1) is 0 Å². The van der Waals surface area contributed by atoms with Crippen molar-refractivity contribution in [2.45, 2.75) is 71.6 Å². The van der Waals surface area contributed by atoms with Crippen LogP contribution in [-0.4, -0.2) is 18.5 Å². The number of halogens is 4. The molecule has 0 bridgehead atoms. The Morgan fingerprint density at radius 1 is 0.760 bits per heavy atom. The van der Waals surface area contributed by atoms with Crippen molar-refractivity contribution in [3.8, 4) is 0 Å². The molecule has 0 fully saturated rings. The Bertz CT molecular complexity index is 435. The second-order valence-electron chi connectivity index (χ2n) is 6.93. The highest BCUT2D eigenvalue weighted by Crippen LogP contribution is 2.63. The maximum absolute atomic E-state index is 12.8. The van der Waals surface area contributed by atoms with Crippen LogP contribution < -0.4 is 17.0 Å². The number of benzene rings is 1. The van der Waals surface area contributed by atoms with E-state index in [-0.39, 0.29) is 17.0 Å². The van der Waals surface area contributed by atoms with E-state index in [1.165, 1.54) is 69.1 Å². The van der Waals surface area contributed by atoms with Crippen LogP contribution in [0.1, 0.15) is 70.4 Å². The average molecular weight is 441 g/mol. The molecule has 0 aromatic heterocycles. The van der Waals surface area contributed by atoms with Crippen molar-refractivity contribution < 1.29 is 30.2 Å². The summed E-state index contributed by atoms with van der Waals surface area (Å²) in [6.45, 7) is 6.69. The van der Waals surface area contributed by atoms with Crippen molar-refractivity contribution in [2.75, 3.05) is 18.5 Å². The molecule has 1 aromatic rings. The van der Waals surface area contributed by atoms with E-state index in [4.69, 9.17) is 0 Å². The van der Waals surface area contributed by atoms with Crippen LogP contribution in [-0.2, 0) is 12.3 Å². The minimum atomic E-state index is -4.24. The first kappa shape index (κ1) is 24.9. The Morgan fingerprint density at radius 2 is 1.16 bits per heavy atom. The zero-order chi connectivity index (χ0) is 18.1. The third kappa shape index (κ3) is 8.91. The second kappa shape index (κ2) is 12.3. The minimum Gasteiger partial charge on any atom is -1.00 e. The van der Waals surface area contributed by atoms with Gasteiger partial charge in [-0.2, -0.15) is 13.2 Å². The molecule has 0 aliphatic carbocycles. The van der Waals surface area contributed by atoms with Crippen LogP contribution in [0.2, 0.25) is 0 Å². The lowest BCUT2D eigenvalue weighted by Crippen LogP contribution is -3.00. The zero-order valence-electron chi connectivity index (χ0n) is 15.8. The average Bonchev–Trinajstić information content (AvgIpc) is 2.56. The van der Waals surface area contributed by atoms with E-state index in [9.17, 15) is 13.2 Å². The van der Waals surface area contributed by atoms with Crippen LogP contribution in [0.3, 0.4) is 0 Å². The standard InChI is InChI=1S/C20H33F3P.BrH/c1-4-7-14-24(15-8-5-2,16-9-6-3)17-18-10-12-19(13-11-18)20(21,22)23;/h10-13H,4-9,14-17H2,1-3H3;1H/q+1;/p-1. The van der Waals surface area contributed by atoms with Gasteiger partial charge >= 0.3 is 6.18 Å². The van der Waals surface area contributed by atoms with Crippen molar-refractivity contribution in [2.24, 2.45) is 0 Å². The third-order valence-corrected chi connectivity index (χ3v) is 9.59. The highest BCUT2D eigenvalue weighted by atomic mass is 79.9. The van der Waals surface area contributed by atoms with Gasteiger partial charge in [0.1, 0.15) is 0 Å². The zero-order valence-corrected chi connectivity index (χ0v) is 18.3. The first-order valence-electron chi connectivity index (χ1n) is 9.38. The normalized spacial score (nSPS) is 12.1. The quantitative estimate of drug-likeness (QED) is 0.440. The van der Waals surface area contributed by atoms with Crippen LogP contribution in [0, 0.1) is 0 Å². The number of rotatable bonds is 11. The third-order valence-electron chi connectivity index (χ3n) is 4.76. The predicted octanol–water partition coefficient (Wildman–Crippen LogP) is 4.63. The summed E-state index contributed by atoms with van der Waals surface area (Å²) >= 11 is 0. The molecule has 0 nitrogen and oxygen atoms in total. The fourth-order valence-corrected chi connectivity index (χ4v) is 8.33. The van der Waals surface area contributed by atoms with E-state index in [1.54, 1.807) is 12.1 Å². The number of hydrogen-bond acceptors (Lipinski definition) is 0. The van der Waals surface area contributed by atoms with Crippen molar-refractivity contribution in [3.05, 3.63) is 35.4 Å².